The molecular formula is C12H18N6. The molecule has 2 N–H and O–H groups in total. The topological polar surface area (TPSA) is 73.5 Å². The standard InChI is InChI=1S/C12H18N6/c1-9-15-12(17-16-9)11-4-2-3-5-18(11)7-10-6-13-8-14-10/h6,8,11H,2-5,7H2,1H3,(H,13,14)(H,15,16,17)/t11-/m0/s1. The van der Waals surface area contributed by atoms with Crippen LogP contribution in [0.25, 0.3) is 0 Å². The fourth-order valence-electron chi connectivity index (χ4n) is 2.57. The first-order valence-electron chi connectivity index (χ1n) is 6.43. The number of H-pyrrole nitrogens is 2. The molecule has 2 aromatic heterocycles. The Morgan fingerprint density at radius 3 is 3.11 bits per heavy atom. The first kappa shape index (κ1) is 11.4. The summed E-state index contributed by atoms with van der Waals surface area (Å²) in [5, 5.41) is 7.25. The molecule has 18 heavy (non-hydrogen) atoms. The molecule has 1 fully saturated rings. The Balaban J connectivity index is 1.77. The molecule has 0 aliphatic carbocycles. The molecule has 0 amide bonds. The zero-order chi connectivity index (χ0) is 12.4. The summed E-state index contributed by atoms with van der Waals surface area (Å²) in [6.07, 6.45) is 7.23. The highest BCUT2D eigenvalue weighted by Crippen LogP contribution is 2.29. The molecule has 0 radical (unpaired) electrons. The predicted octanol–water partition coefficient (Wildman–Crippen LogP) is 1.56. The number of aromatic amines is 2. The summed E-state index contributed by atoms with van der Waals surface area (Å²) < 4.78 is 0. The number of likely N-dealkylation sites (tertiary alicyclic amines) is 1. The number of aromatic nitrogens is 5. The van der Waals surface area contributed by atoms with Gasteiger partial charge >= 0.3 is 0 Å². The summed E-state index contributed by atoms with van der Waals surface area (Å²) in [6, 6.07) is 0.326. The van der Waals surface area contributed by atoms with Gasteiger partial charge in [-0.2, -0.15) is 5.10 Å². The fourth-order valence-corrected chi connectivity index (χ4v) is 2.57. The number of rotatable bonds is 3. The Labute approximate surface area is 106 Å². The van der Waals surface area contributed by atoms with Crippen LogP contribution in [0.4, 0.5) is 0 Å². The average molecular weight is 246 g/mol. The molecule has 0 unspecified atom stereocenters. The summed E-state index contributed by atoms with van der Waals surface area (Å²) >= 11 is 0. The van der Waals surface area contributed by atoms with Crippen LogP contribution in [0.3, 0.4) is 0 Å². The molecule has 3 heterocycles. The van der Waals surface area contributed by atoms with Crippen LogP contribution in [0.1, 0.15) is 42.6 Å². The summed E-state index contributed by atoms with van der Waals surface area (Å²) in [4.78, 5) is 14.1. The van der Waals surface area contributed by atoms with Crippen LogP contribution in [0.15, 0.2) is 12.5 Å². The molecule has 1 aliphatic rings. The van der Waals surface area contributed by atoms with Crippen LogP contribution in [0.2, 0.25) is 0 Å². The van der Waals surface area contributed by atoms with Gasteiger partial charge in [0.1, 0.15) is 5.82 Å². The van der Waals surface area contributed by atoms with E-state index in [2.05, 4.69) is 30.0 Å². The lowest BCUT2D eigenvalue weighted by Gasteiger charge is -2.33. The molecular weight excluding hydrogens is 228 g/mol. The van der Waals surface area contributed by atoms with E-state index >= 15 is 0 Å². The van der Waals surface area contributed by atoms with E-state index < -0.39 is 0 Å². The van der Waals surface area contributed by atoms with E-state index in [1.165, 1.54) is 12.8 Å². The van der Waals surface area contributed by atoms with Crippen molar-refractivity contribution in [1.29, 1.82) is 0 Å². The molecule has 0 saturated carbocycles. The number of imidazole rings is 1. The van der Waals surface area contributed by atoms with E-state index in [4.69, 9.17) is 0 Å². The van der Waals surface area contributed by atoms with E-state index in [1.54, 1.807) is 6.33 Å². The molecule has 6 nitrogen and oxygen atoms in total. The van der Waals surface area contributed by atoms with Crippen molar-refractivity contribution in [2.45, 2.75) is 38.8 Å². The minimum atomic E-state index is 0.326. The van der Waals surface area contributed by atoms with Crippen LogP contribution in [0, 0.1) is 6.92 Å². The van der Waals surface area contributed by atoms with Crippen LogP contribution in [0.5, 0.6) is 0 Å². The largest absolute Gasteiger partial charge is 0.347 e. The van der Waals surface area contributed by atoms with Gasteiger partial charge in [-0.15, -0.1) is 0 Å². The molecule has 0 spiro atoms. The van der Waals surface area contributed by atoms with Crippen molar-refractivity contribution in [3.63, 3.8) is 0 Å². The zero-order valence-electron chi connectivity index (χ0n) is 10.6. The summed E-state index contributed by atoms with van der Waals surface area (Å²) in [5.41, 5.74) is 1.15. The van der Waals surface area contributed by atoms with E-state index in [0.29, 0.717) is 6.04 Å². The highest BCUT2D eigenvalue weighted by atomic mass is 15.3. The molecule has 1 atom stereocenters. The van der Waals surface area contributed by atoms with E-state index in [1.807, 2.05) is 13.1 Å². The first-order chi connectivity index (χ1) is 8.83. The number of aryl methyl sites for hydroxylation is 1. The second kappa shape index (κ2) is 4.89. The van der Waals surface area contributed by atoms with Crippen molar-refractivity contribution in [2.75, 3.05) is 6.54 Å². The number of piperidine rings is 1. The third-order valence-electron chi connectivity index (χ3n) is 3.45. The number of nitrogens with one attached hydrogen (secondary N) is 2. The van der Waals surface area contributed by atoms with E-state index in [0.717, 1.165) is 36.9 Å². The van der Waals surface area contributed by atoms with Gasteiger partial charge < -0.3 is 4.98 Å². The van der Waals surface area contributed by atoms with Gasteiger partial charge in [0.05, 0.1) is 12.4 Å². The predicted molar refractivity (Wildman–Crippen MR) is 66.7 cm³/mol. The summed E-state index contributed by atoms with van der Waals surface area (Å²) in [7, 11) is 0. The molecule has 3 rings (SSSR count). The van der Waals surface area contributed by atoms with Crippen LogP contribution in [-0.4, -0.2) is 36.6 Å². The normalized spacial score (nSPS) is 21.3. The maximum Gasteiger partial charge on any atom is 0.167 e. The molecule has 2 aromatic rings. The minimum absolute atomic E-state index is 0.326. The fraction of sp³-hybridized carbons (Fsp3) is 0.583. The quantitative estimate of drug-likeness (QED) is 0.862. The van der Waals surface area contributed by atoms with Gasteiger partial charge in [-0.25, -0.2) is 9.97 Å². The Morgan fingerprint density at radius 2 is 2.39 bits per heavy atom. The Morgan fingerprint density at radius 1 is 1.44 bits per heavy atom. The average Bonchev–Trinajstić information content (AvgIpc) is 3.02. The van der Waals surface area contributed by atoms with Crippen molar-refractivity contribution in [2.24, 2.45) is 0 Å². The molecule has 1 saturated heterocycles. The van der Waals surface area contributed by atoms with Gasteiger partial charge in [0.2, 0.25) is 0 Å². The van der Waals surface area contributed by atoms with Gasteiger partial charge in [0.15, 0.2) is 5.82 Å². The van der Waals surface area contributed by atoms with Crippen LogP contribution < -0.4 is 0 Å². The maximum absolute atomic E-state index is 4.48. The van der Waals surface area contributed by atoms with E-state index in [-0.39, 0.29) is 0 Å². The van der Waals surface area contributed by atoms with Crippen LogP contribution in [-0.2, 0) is 6.54 Å². The van der Waals surface area contributed by atoms with Crippen molar-refractivity contribution in [3.8, 4) is 0 Å². The highest BCUT2D eigenvalue weighted by molar-refractivity contribution is 5.01. The van der Waals surface area contributed by atoms with Gasteiger partial charge in [0, 0.05) is 18.4 Å². The van der Waals surface area contributed by atoms with Crippen LogP contribution >= 0.6 is 0 Å². The maximum atomic E-state index is 4.48. The Hall–Kier alpha value is -1.69. The number of hydrogen-bond acceptors (Lipinski definition) is 4. The molecule has 0 bridgehead atoms. The SMILES string of the molecule is Cc1nc([C@@H]2CCCCN2Cc2cnc[nH]2)n[nH]1. The lowest BCUT2D eigenvalue weighted by Crippen LogP contribution is -2.33. The van der Waals surface area contributed by atoms with E-state index in [9.17, 15) is 0 Å². The van der Waals surface area contributed by atoms with Gasteiger partial charge in [0.25, 0.3) is 0 Å². The molecule has 96 valence electrons. The summed E-state index contributed by atoms with van der Waals surface area (Å²) in [6.45, 7) is 3.92. The lowest BCUT2D eigenvalue weighted by molar-refractivity contribution is 0.132. The van der Waals surface area contributed by atoms with Crippen molar-refractivity contribution >= 4 is 0 Å². The molecule has 6 heteroatoms. The molecule has 0 aromatic carbocycles. The second-order valence-corrected chi connectivity index (χ2v) is 4.84. The lowest BCUT2D eigenvalue weighted by atomic mass is 10.0. The van der Waals surface area contributed by atoms with Crippen molar-refractivity contribution < 1.29 is 0 Å². The van der Waals surface area contributed by atoms with Gasteiger partial charge in [-0.1, -0.05) is 6.42 Å². The van der Waals surface area contributed by atoms with Crippen molar-refractivity contribution in [3.05, 3.63) is 29.9 Å². The monoisotopic (exact) mass is 246 g/mol. The van der Waals surface area contributed by atoms with Gasteiger partial charge in [-0.3, -0.25) is 10.00 Å². The third kappa shape index (κ3) is 2.28. The molecule has 1 aliphatic heterocycles. The van der Waals surface area contributed by atoms with Crippen molar-refractivity contribution in [1.82, 2.24) is 30.0 Å². The summed E-state index contributed by atoms with van der Waals surface area (Å²) in [5.74, 6) is 1.81. The smallest absolute Gasteiger partial charge is 0.167 e. The Kier molecular flexibility index (Phi) is 3.10. The minimum Gasteiger partial charge on any atom is -0.347 e. The third-order valence-corrected chi connectivity index (χ3v) is 3.45. The first-order valence-corrected chi connectivity index (χ1v) is 6.43. The zero-order valence-corrected chi connectivity index (χ0v) is 10.6. The van der Waals surface area contributed by atoms with Gasteiger partial charge in [-0.05, 0) is 26.3 Å². The second-order valence-electron chi connectivity index (χ2n) is 4.84. The highest BCUT2D eigenvalue weighted by Gasteiger charge is 2.27. The number of hydrogen-bond donors (Lipinski definition) is 2. The Bertz CT molecular complexity index is 488. The number of nitrogens with zero attached hydrogens (tertiary/aromatic N) is 4.